The third kappa shape index (κ3) is 5.33. The predicted octanol–water partition coefficient (Wildman–Crippen LogP) is 4.72. The summed E-state index contributed by atoms with van der Waals surface area (Å²) in [5, 5.41) is 3.32. The molecule has 0 bridgehead atoms. The molecule has 1 aromatic heterocycles. The Labute approximate surface area is 202 Å². The van der Waals surface area contributed by atoms with E-state index >= 15 is 0 Å². The van der Waals surface area contributed by atoms with Gasteiger partial charge in [0.05, 0.1) is 43.8 Å². The number of nitrogens with zero attached hydrogens (tertiary/aromatic N) is 1. The molecule has 0 aliphatic heterocycles. The number of ether oxygens (including phenoxy) is 4. The molecule has 1 amide bonds. The molecular formula is C27H24N2O6. The van der Waals surface area contributed by atoms with Crippen molar-refractivity contribution in [2.24, 2.45) is 0 Å². The van der Waals surface area contributed by atoms with Crippen molar-refractivity contribution < 1.29 is 28.5 Å². The van der Waals surface area contributed by atoms with E-state index in [0.717, 1.165) is 5.56 Å². The highest BCUT2D eigenvalue weighted by molar-refractivity contribution is 6.05. The summed E-state index contributed by atoms with van der Waals surface area (Å²) in [6.07, 6.45) is 0. The molecule has 0 fully saturated rings. The number of anilines is 1. The fourth-order valence-electron chi connectivity index (χ4n) is 3.55. The number of hydrogen-bond acceptors (Lipinski definition) is 7. The largest absolute Gasteiger partial charge is 0.497 e. The van der Waals surface area contributed by atoms with Crippen LogP contribution in [0.5, 0.6) is 17.2 Å². The summed E-state index contributed by atoms with van der Waals surface area (Å²) < 4.78 is 21.0. The summed E-state index contributed by atoms with van der Waals surface area (Å²) in [7, 11) is 4.62. The molecule has 0 saturated heterocycles. The molecule has 35 heavy (non-hydrogen) atoms. The summed E-state index contributed by atoms with van der Waals surface area (Å²) in [5.41, 5.74) is 2.81. The third-order valence-electron chi connectivity index (χ3n) is 5.34. The minimum atomic E-state index is -0.629. The highest BCUT2D eigenvalue weighted by atomic mass is 16.5. The summed E-state index contributed by atoms with van der Waals surface area (Å²) in [6.45, 7) is -0.470. The molecule has 0 unspecified atom stereocenters. The number of hydrogen-bond donors (Lipinski definition) is 1. The zero-order chi connectivity index (χ0) is 24.8. The third-order valence-corrected chi connectivity index (χ3v) is 5.34. The van der Waals surface area contributed by atoms with E-state index in [9.17, 15) is 9.59 Å². The van der Waals surface area contributed by atoms with Crippen molar-refractivity contribution in [1.82, 2.24) is 4.98 Å². The van der Waals surface area contributed by atoms with Gasteiger partial charge < -0.3 is 24.3 Å². The molecule has 0 aliphatic rings. The van der Waals surface area contributed by atoms with Gasteiger partial charge in [0.25, 0.3) is 5.91 Å². The minimum absolute atomic E-state index is 0.316. The molecule has 8 heteroatoms. The summed E-state index contributed by atoms with van der Waals surface area (Å²) in [5.74, 6) is 0.594. The van der Waals surface area contributed by atoms with E-state index in [1.54, 1.807) is 37.4 Å². The van der Waals surface area contributed by atoms with Crippen LogP contribution >= 0.6 is 0 Å². The molecule has 0 saturated carbocycles. The van der Waals surface area contributed by atoms with Crippen LogP contribution in [0.4, 0.5) is 5.69 Å². The Bertz CT molecular complexity index is 1370. The summed E-state index contributed by atoms with van der Waals surface area (Å²) in [6, 6.07) is 21.3. The normalized spacial score (nSPS) is 10.5. The number of fused-ring (bicyclic) bond motifs is 1. The van der Waals surface area contributed by atoms with Crippen LogP contribution < -0.4 is 19.5 Å². The first-order valence-corrected chi connectivity index (χ1v) is 10.8. The van der Waals surface area contributed by atoms with Crippen LogP contribution in [-0.2, 0) is 9.53 Å². The maximum atomic E-state index is 13.0. The summed E-state index contributed by atoms with van der Waals surface area (Å²) in [4.78, 5) is 30.2. The van der Waals surface area contributed by atoms with Gasteiger partial charge in [0, 0.05) is 17.0 Å². The number of rotatable bonds is 8. The van der Waals surface area contributed by atoms with Gasteiger partial charge in [-0.2, -0.15) is 0 Å². The second-order valence-electron chi connectivity index (χ2n) is 7.49. The van der Waals surface area contributed by atoms with E-state index in [1.807, 2.05) is 42.5 Å². The number of esters is 1. The smallest absolute Gasteiger partial charge is 0.339 e. The van der Waals surface area contributed by atoms with Crippen molar-refractivity contribution in [3.05, 3.63) is 78.4 Å². The van der Waals surface area contributed by atoms with E-state index in [4.69, 9.17) is 18.9 Å². The van der Waals surface area contributed by atoms with E-state index in [1.165, 1.54) is 14.2 Å². The molecule has 0 spiro atoms. The molecule has 1 N–H and O–H groups in total. The first kappa shape index (κ1) is 23.6. The maximum absolute atomic E-state index is 13.0. The highest BCUT2D eigenvalue weighted by Crippen LogP contribution is 2.29. The van der Waals surface area contributed by atoms with E-state index < -0.39 is 18.5 Å². The van der Waals surface area contributed by atoms with Crippen molar-refractivity contribution >= 4 is 28.5 Å². The van der Waals surface area contributed by atoms with Gasteiger partial charge in [0.15, 0.2) is 6.61 Å². The van der Waals surface area contributed by atoms with Crippen molar-refractivity contribution in [2.45, 2.75) is 0 Å². The lowest BCUT2D eigenvalue weighted by molar-refractivity contribution is -0.119. The summed E-state index contributed by atoms with van der Waals surface area (Å²) >= 11 is 0. The molecule has 8 nitrogen and oxygen atoms in total. The molecule has 1 heterocycles. The van der Waals surface area contributed by atoms with E-state index in [-0.39, 0.29) is 0 Å². The topological polar surface area (TPSA) is 96.0 Å². The molecule has 0 aliphatic carbocycles. The number of pyridine rings is 1. The van der Waals surface area contributed by atoms with E-state index in [2.05, 4.69) is 10.3 Å². The van der Waals surface area contributed by atoms with Gasteiger partial charge >= 0.3 is 5.97 Å². The van der Waals surface area contributed by atoms with Crippen LogP contribution in [0.2, 0.25) is 0 Å². The number of nitrogens with one attached hydrogen (secondary N) is 1. The Morgan fingerprint density at radius 2 is 1.54 bits per heavy atom. The SMILES string of the molecule is COc1ccc(-c2cc(C(=O)OCC(=O)Nc3ccc(OC)cc3OC)c3ccccc3n2)cc1. The van der Waals surface area contributed by atoms with Crippen LogP contribution in [-0.4, -0.2) is 44.8 Å². The van der Waals surface area contributed by atoms with Crippen LogP contribution in [0.1, 0.15) is 10.4 Å². The number of aromatic nitrogens is 1. The molecule has 4 rings (SSSR count). The lowest BCUT2D eigenvalue weighted by atomic mass is 10.0. The molecular weight excluding hydrogens is 448 g/mol. The first-order valence-electron chi connectivity index (χ1n) is 10.8. The lowest BCUT2D eigenvalue weighted by Gasteiger charge is -2.13. The number of para-hydroxylation sites is 1. The van der Waals surface area contributed by atoms with Gasteiger partial charge in [0.1, 0.15) is 17.2 Å². The van der Waals surface area contributed by atoms with Crippen LogP contribution in [0.15, 0.2) is 72.8 Å². The monoisotopic (exact) mass is 472 g/mol. The molecule has 0 radical (unpaired) electrons. The Morgan fingerprint density at radius 1 is 0.829 bits per heavy atom. The van der Waals surface area contributed by atoms with Crippen LogP contribution in [0, 0.1) is 0 Å². The fraction of sp³-hybridized carbons (Fsp3) is 0.148. The average molecular weight is 472 g/mol. The van der Waals surface area contributed by atoms with Crippen molar-refractivity contribution in [3.63, 3.8) is 0 Å². The Kier molecular flexibility index (Phi) is 7.11. The van der Waals surface area contributed by atoms with Gasteiger partial charge in [-0.25, -0.2) is 9.78 Å². The Hall–Kier alpha value is -4.59. The molecule has 3 aromatic carbocycles. The van der Waals surface area contributed by atoms with Crippen molar-refractivity contribution in [3.8, 4) is 28.5 Å². The predicted molar refractivity (Wildman–Crippen MR) is 132 cm³/mol. The fourth-order valence-corrected chi connectivity index (χ4v) is 3.55. The van der Waals surface area contributed by atoms with Gasteiger partial charge in [0.2, 0.25) is 0 Å². The standard InChI is InChI=1S/C27H24N2O6/c1-32-18-10-8-17(9-11-18)24-15-21(20-6-4-5-7-22(20)28-24)27(31)35-16-26(30)29-23-13-12-19(33-2)14-25(23)34-3/h4-15H,16H2,1-3H3,(H,29,30). The van der Waals surface area contributed by atoms with Gasteiger partial charge in [-0.05, 0) is 48.5 Å². The number of methoxy groups -OCH3 is 3. The first-order chi connectivity index (χ1) is 17.0. The zero-order valence-corrected chi connectivity index (χ0v) is 19.5. The maximum Gasteiger partial charge on any atom is 0.339 e. The van der Waals surface area contributed by atoms with E-state index in [0.29, 0.717) is 45.1 Å². The Morgan fingerprint density at radius 3 is 2.26 bits per heavy atom. The highest BCUT2D eigenvalue weighted by Gasteiger charge is 2.17. The molecule has 178 valence electrons. The second-order valence-corrected chi connectivity index (χ2v) is 7.49. The number of amides is 1. The van der Waals surface area contributed by atoms with Gasteiger partial charge in [-0.3, -0.25) is 4.79 Å². The lowest BCUT2D eigenvalue weighted by Crippen LogP contribution is -2.21. The van der Waals surface area contributed by atoms with Crippen molar-refractivity contribution in [2.75, 3.05) is 33.3 Å². The number of benzene rings is 3. The molecule has 0 atom stereocenters. The number of carbonyl (C=O) groups excluding carboxylic acids is 2. The second kappa shape index (κ2) is 10.6. The average Bonchev–Trinajstić information content (AvgIpc) is 2.91. The quantitative estimate of drug-likeness (QED) is 0.371. The van der Waals surface area contributed by atoms with Gasteiger partial charge in [-0.15, -0.1) is 0 Å². The van der Waals surface area contributed by atoms with Crippen LogP contribution in [0.25, 0.3) is 22.2 Å². The Balaban J connectivity index is 1.54. The van der Waals surface area contributed by atoms with Crippen molar-refractivity contribution in [1.29, 1.82) is 0 Å². The number of carbonyl (C=O) groups is 2. The van der Waals surface area contributed by atoms with Gasteiger partial charge in [-0.1, -0.05) is 18.2 Å². The zero-order valence-electron chi connectivity index (χ0n) is 19.5. The minimum Gasteiger partial charge on any atom is -0.497 e. The molecule has 4 aromatic rings. The van der Waals surface area contributed by atoms with Crippen LogP contribution in [0.3, 0.4) is 0 Å².